The zero-order valence-electron chi connectivity index (χ0n) is 15.1. The Labute approximate surface area is 146 Å². The molecule has 1 aliphatic rings. The number of rotatable bonds is 3. The minimum atomic E-state index is -0.540. The molecular weight excluding hydrogens is 330 g/mol. The summed E-state index contributed by atoms with van der Waals surface area (Å²) in [6, 6.07) is -0.129. The zero-order valence-corrected chi connectivity index (χ0v) is 15.9. The van der Waals surface area contributed by atoms with Crippen LogP contribution in [0.3, 0.4) is 0 Å². The lowest BCUT2D eigenvalue weighted by molar-refractivity contribution is 0.0156. The maximum atomic E-state index is 12.2. The maximum absolute atomic E-state index is 12.2. The molecule has 0 aliphatic carbocycles. The summed E-state index contributed by atoms with van der Waals surface area (Å²) < 4.78 is 16.3. The molecule has 0 saturated heterocycles. The third-order valence-corrected chi connectivity index (χ3v) is 4.82. The summed E-state index contributed by atoms with van der Waals surface area (Å²) in [6.45, 7) is 9.89. The van der Waals surface area contributed by atoms with E-state index in [1.54, 1.807) is 18.9 Å². The fourth-order valence-corrected chi connectivity index (χ4v) is 3.51. The molecule has 0 N–H and O–H groups in total. The van der Waals surface area contributed by atoms with Crippen molar-refractivity contribution in [3.8, 4) is 5.75 Å². The molecule has 1 aromatic rings. The summed E-state index contributed by atoms with van der Waals surface area (Å²) in [7, 11) is 1.71. The number of hydrogen-bond acceptors (Lipinski definition) is 6. The molecule has 0 radical (unpaired) electrons. The lowest BCUT2D eigenvalue weighted by Gasteiger charge is -2.33. The van der Waals surface area contributed by atoms with E-state index in [9.17, 15) is 9.59 Å². The first-order valence-electron chi connectivity index (χ1n) is 8.02. The second kappa shape index (κ2) is 7.01. The molecule has 0 saturated carbocycles. The van der Waals surface area contributed by atoms with Crippen LogP contribution in [0.25, 0.3) is 0 Å². The van der Waals surface area contributed by atoms with Gasteiger partial charge in [0, 0.05) is 23.9 Å². The summed E-state index contributed by atoms with van der Waals surface area (Å²) in [4.78, 5) is 27.3. The summed E-state index contributed by atoms with van der Waals surface area (Å²) >= 11 is 1.38. The van der Waals surface area contributed by atoms with Gasteiger partial charge in [-0.15, -0.1) is 11.3 Å². The molecule has 1 unspecified atom stereocenters. The largest absolute Gasteiger partial charge is 0.489 e. The molecule has 1 aliphatic heterocycles. The molecule has 1 amide bonds. The highest BCUT2D eigenvalue weighted by molar-refractivity contribution is 7.14. The van der Waals surface area contributed by atoms with Gasteiger partial charge in [0.25, 0.3) is 0 Å². The zero-order chi connectivity index (χ0) is 18.1. The highest BCUT2D eigenvalue weighted by atomic mass is 32.1. The van der Waals surface area contributed by atoms with Gasteiger partial charge < -0.3 is 19.1 Å². The summed E-state index contributed by atoms with van der Waals surface area (Å²) in [5.41, 5.74) is 0.427. The first-order chi connectivity index (χ1) is 11.1. The van der Waals surface area contributed by atoms with Gasteiger partial charge in [0.05, 0.1) is 12.6 Å². The lowest BCUT2D eigenvalue weighted by Crippen LogP contribution is -2.46. The molecule has 2 heterocycles. The SMILES string of the molecule is CCOC(=O)c1sc(C)c2c1OCC(N(C)C(=O)OC(C)(C)C)C2. The predicted octanol–water partition coefficient (Wildman–Crippen LogP) is 3.40. The fourth-order valence-electron chi connectivity index (χ4n) is 2.48. The van der Waals surface area contributed by atoms with Gasteiger partial charge in [-0.25, -0.2) is 9.59 Å². The number of amides is 1. The highest BCUT2D eigenvalue weighted by Crippen LogP contribution is 2.39. The fraction of sp³-hybridized carbons (Fsp3) is 0.647. The van der Waals surface area contributed by atoms with Crippen LogP contribution in [0.5, 0.6) is 5.75 Å². The summed E-state index contributed by atoms with van der Waals surface area (Å²) in [5, 5.41) is 0. The number of hydrogen-bond donors (Lipinski definition) is 0. The highest BCUT2D eigenvalue weighted by Gasteiger charge is 2.34. The number of likely N-dealkylation sites (N-methyl/N-ethyl adjacent to an activating group) is 1. The minimum absolute atomic E-state index is 0.129. The molecule has 0 fully saturated rings. The number of carbonyl (C=O) groups is 2. The van der Waals surface area contributed by atoms with Crippen LogP contribution in [0.1, 0.15) is 47.8 Å². The molecule has 0 spiro atoms. The van der Waals surface area contributed by atoms with Gasteiger partial charge in [0.15, 0.2) is 4.88 Å². The minimum Gasteiger partial charge on any atom is -0.489 e. The molecule has 134 valence electrons. The average Bonchev–Trinajstić information content (AvgIpc) is 2.82. The molecule has 2 rings (SSSR count). The smallest absolute Gasteiger partial charge is 0.410 e. The molecular formula is C17H25NO5S. The Morgan fingerprint density at radius 2 is 2.04 bits per heavy atom. The van der Waals surface area contributed by atoms with Gasteiger partial charge in [-0.2, -0.15) is 0 Å². The van der Waals surface area contributed by atoms with Crippen molar-refractivity contribution in [2.75, 3.05) is 20.3 Å². The number of thiophene rings is 1. The summed E-state index contributed by atoms with van der Waals surface area (Å²) in [5.74, 6) is 0.246. The van der Waals surface area contributed by atoms with Crippen molar-refractivity contribution in [2.45, 2.75) is 52.7 Å². The Hall–Kier alpha value is -1.76. The van der Waals surface area contributed by atoms with Crippen LogP contribution in [0.2, 0.25) is 0 Å². The van der Waals surface area contributed by atoms with Crippen molar-refractivity contribution in [3.05, 3.63) is 15.3 Å². The number of fused-ring (bicyclic) bond motifs is 1. The second-order valence-electron chi connectivity index (χ2n) is 6.78. The normalized spacial score (nSPS) is 16.8. The second-order valence-corrected chi connectivity index (χ2v) is 8.00. The predicted molar refractivity (Wildman–Crippen MR) is 92.0 cm³/mol. The first kappa shape index (κ1) is 18.6. The van der Waals surface area contributed by atoms with E-state index in [4.69, 9.17) is 14.2 Å². The molecule has 24 heavy (non-hydrogen) atoms. The monoisotopic (exact) mass is 355 g/mol. The molecule has 0 aromatic carbocycles. The van der Waals surface area contributed by atoms with Crippen molar-refractivity contribution < 1.29 is 23.8 Å². The van der Waals surface area contributed by atoms with E-state index < -0.39 is 5.60 Å². The number of ether oxygens (including phenoxy) is 3. The number of esters is 1. The van der Waals surface area contributed by atoms with E-state index >= 15 is 0 Å². The third kappa shape index (κ3) is 4.01. The maximum Gasteiger partial charge on any atom is 0.410 e. The van der Waals surface area contributed by atoms with Crippen LogP contribution in [-0.4, -0.2) is 48.9 Å². The number of carbonyl (C=O) groups excluding carboxylic acids is 2. The van der Waals surface area contributed by atoms with Crippen molar-refractivity contribution >= 4 is 23.4 Å². The van der Waals surface area contributed by atoms with Gasteiger partial charge in [0.1, 0.15) is 18.0 Å². The molecule has 6 nitrogen and oxygen atoms in total. The molecule has 0 bridgehead atoms. The molecule has 1 aromatic heterocycles. The van der Waals surface area contributed by atoms with E-state index in [1.807, 2.05) is 27.7 Å². The van der Waals surface area contributed by atoms with Gasteiger partial charge in [-0.05, 0) is 34.6 Å². The van der Waals surface area contributed by atoms with E-state index in [0.29, 0.717) is 30.3 Å². The van der Waals surface area contributed by atoms with E-state index in [2.05, 4.69) is 0 Å². The van der Waals surface area contributed by atoms with Crippen LogP contribution in [0, 0.1) is 6.92 Å². The van der Waals surface area contributed by atoms with Crippen LogP contribution in [0.15, 0.2) is 0 Å². The van der Waals surface area contributed by atoms with Crippen molar-refractivity contribution in [1.29, 1.82) is 0 Å². The Morgan fingerprint density at radius 1 is 1.38 bits per heavy atom. The number of nitrogens with zero attached hydrogens (tertiary/aromatic N) is 1. The van der Waals surface area contributed by atoms with Crippen molar-refractivity contribution in [3.63, 3.8) is 0 Å². The van der Waals surface area contributed by atoms with Crippen molar-refractivity contribution in [2.24, 2.45) is 0 Å². The van der Waals surface area contributed by atoms with Gasteiger partial charge >= 0.3 is 12.1 Å². The van der Waals surface area contributed by atoms with Crippen LogP contribution in [0.4, 0.5) is 4.79 Å². The Kier molecular flexibility index (Phi) is 5.42. The number of aryl methyl sites for hydroxylation is 1. The molecule has 7 heteroatoms. The molecule has 1 atom stereocenters. The van der Waals surface area contributed by atoms with Crippen LogP contribution < -0.4 is 4.74 Å². The van der Waals surface area contributed by atoms with Gasteiger partial charge in [0.2, 0.25) is 0 Å². The topological polar surface area (TPSA) is 65.1 Å². The third-order valence-electron chi connectivity index (χ3n) is 3.71. The van der Waals surface area contributed by atoms with E-state index in [0.717, 1.165) is 10.4 Å². The van der Waals surface area contributed by atoms with Gasteiger partial charge in [-0.1, -0.05) is 0 Å². The van der Waals surface area contributed by atoms with Crippen LogP contribution >= 0.6 is 11.3 Å². The quantitative estimate of drug-likeness (QED) is 0.778. The average molecular weight is 355 g/mol. The Balaban J connectivity index is 2.15. The summed E-state index contributed by atoms with van der Waals surface area (Å²) in [6.07, 6.45) is 0.255. The standard InChI is InChI=1S/C17H25NO5S/c1-7-21-15(19)14-13-12(10(2)24-14)8-11(9-22-13)18(6)16(20)23-17(3,4)5/h11H,7-9H2,1-6H3. The lowest BCUT2D eigenvalue weighted by atomic mass is 10.0. The van der Waals surface area contributed by atoms with Crippen LogP contribution in [-0.2, 0) is 15.9 Å². The van der Waals surface area contributed by atoms with E-state index in [-0.39, 0.29) is 18.1 Å². The Morgan fingerprint density at radius 3 is 2.62 bits per heavy atom. The van der Waals surface area contributed by atoms with Crippen molar-refractivity contribution in [1.82, 2.24) is 4.90 Å². The Bertz CT molecular complexity index is 632. The first-order valence-corrected chi connectivity index (χ1v) is 8.83. The van der Waals surface area contributed by atoms with E-state index in [1.165, 1.54) is 11.3 Å². The van der Waals surface area contributed by atoms with Gasteiger partial charge in [-0.3, -0.25) is 0 Å².